The quantitative estimate of drug-likeness (QED) is 0.660. The van der Waals surface area contributed by atoms with Gasteiger partial charge in [-0.2, -0.15) is 0 Å². The predicted octanol–water partition coefficient (Wildman–Crippen LogP) is 0.852. The van der Waals surface area contributed by atoms with Crippen LogP contribution in [0.15, 0.2) is 24.3 Å². The van der Waals surface area contributed by atoms with E-state index >= 15 is 0 Å². The molecule has 7 heteroatoms. The molecule has 1 atom stereocenters. The molecule has 0 aliphatic rings. The van der Waals surface area contributed by atoms with Crippen molar-refractivity contribution in [1.82, 2.24) is 5.32 Å². The van der Waals surface area contributed by atoms with Crippen LogP contribution >= 0.6 is 11.6 Å². The molecule has 0 bridgehead atoms. The maximum atomic E-state index is 10.9. The second-order valence-electron chi connectivity index (χ2n) is 4.59. The number of sulfone groups is 1. The molecule has 0 heterocycles. The zero-order valence-electron chi connectivity index (χ0n) is 11.4. The van der Waals surface area contributed by atoms with Crippen LogP contribution in [-0.2, 0) is 21.2 Å². The molecular formula is C13H20ClNO4S. The van der Waals surface area contributed by atoms with E-state index in [1.165, 1.54) is 6.26 Å². The molecule has 2 N–H and O–H groups in total. The lowest BCUT2D eigenvalue weighted by Gasteiger charge is -2.12. The van der Waals surface area contributed by atoms with Crippen LogP contribution in [0.5, 0.6) is 0 Å². The zero-order chi connectivity index (χ0) is 15.0. The van der Waals surface area contributed by atoms with E-state index in [-0.39, 0.29) is 18.9 Å². The summed E-state index contributed by atoms with van der Waals surface area (Å²) in [4.78, 5) is 0. The second-order valence-corrected chi connectivity index (χ2v) is 7.26. The predicted molar refractivity (Wildman–Crippen MR) is 79.7 cm³/mol. The average Bonchev–Trinajstić information content (AvgIpc) is 2.36. The van der Waals surface area contributed by atoms with Crippen molar-refractivity contribution in [2.75, 3.05) is 31.7 Å². The molecule has 0 fully saturated rings. The van der Waals surface area contributed by atoms with Gasteiger partial charge in [0.15, 0.2) is 0 Å². The van der Waals surface area contributed by atoms with E-state index in [0.717, 1.165) is 5.56 Å². The van der Waals surface area contributed by atoms with Gasteiger partial charge in [0.05, 0.1) is 25.1 Å². The van der Waals surface area contributed by atoms with Crippen molar-refractivity contribution >= 4 is 21.4 Å². The smallest absolute Gasteiger partial charge is 0.148 e. The number of benzene rings is 1. The Balaban J connectivity index is 2.14. The Morgan fingerprint density at radius 1 is 1.40 bits per heavy atom. The molecule has 0 saturated carbocycles. The molecule has 0 spiro atoms. The Morgan fingerprint density at radius 2 is 2.10 bits per heavy atom. The molecule has 1 unspecified atom stereocenters. The fourth-order valence-electron chi connectivity index (χ4n) is 1.51. The lowest BCUT2D eigenvalue weighted by molar-refractivity contribution is 0.0292. The van der Waals surface area contributed by atoms with E-state index in [1.807, 2.05) is 18.2 Å². The van der Waals surface area contributed by atoms with Crippen LogP contribution in [0.4, 0.5) is 0 Å². The first-order chi connectivity index (χ1) is 9.38. The minimum Gasteiger partial charge on any atom is -0.389 e. The molecule has 0 radical (unpaired) electrons. The van der Waals surface area contributed by atoms with Crippen molar-refractivity contribution in [3.05, 3.63) is 34.9 Å². The van der Waals surface area contributed by atoms with Gasteiger partial charge in [0.25, 0.3) is 0 Å². The van der Waals surface area contributed by atoms with Gasteiger partial charge < -0.3 is 15.2 Å². The summed E-state index contributed by atoms with van der Waals surface area (Å²) in [5.41, 5.74) is 0.867. The summed E-state index contributed by atoms with van der Waals surface area (Å²) < 4.78 is 27.2. The number of nitrogens with one attached hydrogen (secondary N) is 1. The molecule has 20 heavy (non-hydrogen) atoms. The third-order valence-electron chi connectivity index (χ3n) is 2.56. The summed E-state index contributed by atoms with van der Waals surface area (Å²) in [6, 6.07) is 7.35. The summed E-state index contributed by atoms with van der Waals surface area (Å²) in [5, 5.41) is 13.2. The maximum absolute atomic E-state index is 10.9. The van der Waals surface area contributed by atoms with Crippen molar-refractivity contribution in [3.8, 4) is 0 Å². The number of ether oxygens (including phenoxy) is 1. The SMILES string of the molecule is CS(=O)(=O)CCNCC(O)COCc1ccccc1Cl. The normalized spacial score (nSPS) is 13.3. The highest BCUT2D eigenvalue weighted by Gasteiger charge is 2.06. The number of hydrogen-bond acceptors (Lipinski definition) is 5. The standard InChI is InChI=1S/C13H20ClNO4S/c1-20(17,18)7-6-15-8-12(16)10-19-9-11-4-2-3-5-13(11)14/h2-5,12,15-16H,6-10H2,1H3. The van der Waals surface area contributed by atoms with Crippen molar-refractivity contribution in [2.24, 2.45) is 0 Å². The Bertz CT molecular complexity index is 507. The van der Waals surface area contributed by atoms with Crippen LogP contribution in [0.1, 0.15) is 5.56 Å². The van der Waals surface area contributed by atoms with Crippen molar-refractivity contribution in [2.45, 2.75) is 12.7 Å². The monoisotopic (exact) mass is 321 g/mol. The summed E-state index contributed by atoms with van der Waals surface area (Å²) >= 11 is 5.97. The molecule has 0 aliphatic carbocycles. The molecule has 1 aromatic rings. The van der Waals surface area contributed by atoms with Gasteiger partial charge in [0, 0.05) is 24.4 Å². The van der Waals surface area contributed by atoms with Crippen LogP contribution in [0, 0.1) is 0 Å². The minimum atomic E-state index is -2.97. The van der Waals surface area contributed by atoms with Gasteiger partial charge in [-0.1, -0.05) is 29.8 Å². The van der Waals surface area contributed by atoms with Crippen LogP contribution in [0.3, 0.4) is 0 Å². The van der Waals surface area contributed by atoms with E-state index in [0.29, 0.717) is 18.2 Å². The molecule has 1 aromatic carbocycles. The lowest BCUT2D eigenvalue weighted by Crippen LogP contribution is -2.33. The maximum Gasteiger partial charge on any atom is 0.148 e. The van der Waals surface area contributed by atoms with E-state index in [2.05, 4.69) is 5.32 Å². The average molecular weight is 322 g/mol. The van der Waals surface area contributed by atoms with Crippen molar-refractivity contribution in [1.29, 1.82) is 0 Å². The van der Waals surface area contributed by atoms with Gasteiger partial charge in [-0.25, -0.2) is 8.42 Å². The first-order valence-corrected chi connectivity index (χ1v) is 8.70. The van der Waals surface area contributed by atoms with Gasteiger partial charge in [0.1, 0.15) is 9.84 Å². The molecule has 0 saturated heterocycles. The first kappa shape index (κ1) is 17.4. The van der Waals surface area contributed by atoms with Crippen molar-refractivity contribution < 1.29 is 18.3 Å². The van der Waals surface area contributed by atoms with Gasteiger partial charge in [-0.05, 0) is 11.6 Å². The summed E-state index contributed by atoms with van der Waals surface area (Å²) in [6.45, 7) is 1.11. The van der Waals surface area contributed by atoms with E-state index in [1.54, 1.807) is 6.07 Å². The van der Waals surface area contributed by atoms with Gasteiger partial charge in [0.2, 0.25) is 0 Å². The number of aliphatic hydroxyl groups excluding tert-OH is 1. The van der Waals surface area contributed by atoms with Crippen LogP contribution in [0.2, 0.25) is 5.02 Å². The van der Waals surface area contributed by atoms with E-state index < -0.39 is 15.9 Å². The Labute approximate surface area is 124 Å². The fourth-order valence-corrected chi connectivity index (χ4v) is 2.21. The third-order valence-corrected chi connectivity index (χ3v) is 3.87. The topological polar surface area (TPSA) is 75.6 Å². The van der Waals surface area contributed by atoms with Gasteiger partial charge >= 0.3 is 0 Å². The highest BCUT2D eigenvalue weighted by Crippen LogP contribution is 2.15. The summed E-state index contributed by atoms with van der Waals surface area (Å²) in [7, 11) is -2.97. The molecular weight excluding hydrogens is 302 g/mol. The fraction of sp³-hybridized carbons (Fsp3) is 0.538. The molecule has 1 rings (SSSR count). The molecule has 0 amide bonds. The highest BCUT2D eigenvalue weighted by atomic mass is 35.5. The largest absolute Gasteiger partial charge is 0.389 e. The molecule has 5 nitrogen and oxygen atoms in total. The molecule has 114 valence electrons. The van der Waals surface area contributed by atoms with E-state index in [9.17, 15) is 13.5 Å². The molecule has 0 aliphatic heterocycles. The number of aliphatic hydroxyl groups is 1. The third kappa shape index (κ3) is 7.81. The zero-order valence-corrected chi connectivity index (χ0v) is 13.0. The Kier molecular flexibility index (Phi) is 7.47. The summed E-state index contributed by atoms with van der Waals surface area (Å²) in [5.74, 6) is 0.0558. The number of halogens is 1. The van der Waals surface area contributed by atoms with Crippen molar-refractivity contribution in [3.63, 3.8) is 0 Å². The minimum absolute atomic E-state index is 0.0558. The number of rotatable bonds is 9. The first-order valence-electron chi connectivity index (χ1n) is 6.26. The molecule has 0 aromatic heterocycles. The van der Waals surface area contributed by atoms with Gasteiger partial charge in [-0.15, -0.1) is 0 Å². The summed E-state index contributed by atoms with van der Waals surface area (Å²) in [6.07, 6.45) is 0.495. The van der Waals surface area contributed by atoms with Crippen LogP contribution < -0.4 is 5.32 Å². The Morgan fingerprint density at radius 3 is 2.75 bits per heavy atom. The second kappa shape index (κ2) is 8.59. The number of hydrogen-bond donors (Lipinski definition) is 2. The Hall–Kier alpha value is -0.660. The van der Waals surface area contributed by atoms with E-state index in [4.69, 9.17) is 16.3 Å². The highest BCUT2D eigenvalue weighted by molar-refractivity contribution is 7.90. The lowest BCUT2D eigenvalue weighted by atomic mass is 10.2. The van der Waals surface area contributed by atoms with Crippen LogP contribution in [-0.4, -0.2) is 51.3 Å². The van der Waals surface area contributed by atoms with Crippen LogP contribution in [0.25, 0.3) is 0 Å². The van der Waals surface area contributed by atoms with Gasteiger partial charge in [-0.3, -0.25) is 0 Å².